The summed E-state index contributed by atoms with van der Waals surface area (Å²) >= 11 is 2.15. The number of hydrogen-bond donors (Lipinski definition) is 2. The fraction of sp³-hybridized carbons (Fsp3) is 0.0952. The van der Waals surface area contributed by atoms with Gasteiger partial charge in [-0.15, -0.1) is 0 Å². The molecule has 3 heterocycles. The molecule has 0 saturated carbocycles. The van der Waals surface area contributed by atoms with Crippen LogP contribution in [0.4, 0.5) is 5.69 Å². The molecule has 0 bridgehead atoms. The molecule has 1 aromatic heterocycles. The summed E-state index contributed by atoms with van der Waals surface area (Å²) in [6, 6.07) is 14.6. The molecule has 0 aliphatic carbocycles. The Labute approximate surface area is 173 Å². The Balaban J connectivity index is 1.64. The monoisotopic (exact) mass is 422 g/mol. The lowest BCUT2D eigenvalue weighted by Gasteiger charge is -2.31. The molecule has 2 aliphatic rings. The first-order valence-electron chi connectivity index (χ1n) is 8.85. The number of aromatic amines is 1. The number of carbonyl (C=O) groups excluding carboxylic acids is 2. The summed E-state index contributed by atoms with van der Waals surface area (Å²) in [6.07, 6.45) is 0. The standard InChI is InChI=1S/C21H14N2O4S2/c1-10-6-8-11(9-7-10)22-18(24)16-15-14(17-19(28-16)23-21(26)29-17)12-4-2-3-5-13(12)27-20(15)25/h2-9,14H,1H3,(H,22,24)(H,23,26)/t14-/m0/s1. The van der Waals surface area contributed by atoms with Crippen molar-refractivity contribution in [3.63, 3.8) is 0 Å². The number of rotatable bonds is 2. The van der Waals surface area contributed by atoms with Gasteiger partial charge in [0.25, 0.3) is 5.91 Å². The van der Waals surface area contributed by atoms with Crippen LogP contribution in [0.15, 0.2) is 68.8 Å². The predicted molar refractivity (Wildman–Crippen MR) is 112 cm³/mol. The smallest absolute Gasteiger partial charge is 0.341 e. The van der Waals surface area contributed by atoms with Crippen LogP contribution in [-0.2, 0) is 9.59 Å². The maximum atomic E-state index is 13.1. The summed E-state index contributed by atoms with van der Waals surface area (Å²) in [5, 5.41) is 3.43. The summed E-state index contributed by atoms with van der Waals surface area (Å²) in [5.41, 5.74) is 2.73. The van der Waals surface area contributed by atoms with Crippen molar-refractivity contribution in [2.45, 2.75) is 17.9 Å². The lowest BCUT2D eigenvalue weighted by Crippen LogP contribution is -2.30. The van der Waals surface area contributed by atoms with Crippen LogP contribution in [0.5, 0.6) is 5.75 Å². The Bertz CT molecular complexity index is 1250. The molecule has 2 N–H and O–H groups in total. The third-order valence-corrected chi connectivity index (χ3v) is 7.02. The van der Waals surface area contributed by atoms with E-state index in [9.17, 15) is 14.4 Å². The van der Waals surface area contributed by atoms with E-state index in [1.54, 1.807) is 24.3 Å². The number of aromatic nitrogens is 1. The second-order valence-corrected chi connectivity index (χ2v) is 8.77. The number of esters is 1. The second kappa shape index (κ2) is 6.75. The first kappa shape index (κ1) is 18.0. The number of thiazole rings is 1. The van der Waals surface area contributed by atoms with Gasteiger partial charge < -0.3 is 15.0 Å². The van der Waals surface area contributed by atoms with Gasteiger partial charge in [0.15, 0.2) is 0 Å². The average molecular weight is 422 g/mol. The number of ether oxygens (including phenoxy) is 1. The van der Waals surface area contributed by atoms with E-state index in [-0.39, 0.29) is 15.4 Å². The topological polar surface area (TPSA) is 88.3 Å². The molecule has 0 fully saturated rings. The van der Waals surface area contributed by atoms with Gasteiger partial charge in [-0.25, -0.2) is 4.79 Å². The van der Waals surface area contributed by atoms with E-state index in [1.807, 2.05) is 31.2 Å². The van der Waals surface area contributed by atoms with Gasteiger partial charge in [-0.1, -0.05) is 59.0 Å². The van der Waals surface area contributed by atoms with Crippen molar-refractivity contribution in [3.05, 3.63) is 84.7 Å². The number of carbonyl (C=O) groups is 2. The maximum Gasteiger partial charge on any atom is 0.341 e. The lowest BCUT2D eigenvalue weighted by atomic mass is 9.86. The van der Waals surface area contributed by atoms with E-state index in [4.69, 9.17) is 4.74 Å². The van der Waals surface area contributed by atoms with E-state index in [1.165, 1.54) is 0 Å². The number of amides is 1. The van der Waals surface area contributed by atoms with Crippen molar-refractivity contribution >= 4 is 40.7 Å². The molecule has 29 heavy (non-hydrogen) atoms. The number of para-hydroxylation sites is 1. The zero-order valence-corrected chi connectivity index (χ0v) is 16.8. The van der Waals surface area contributed by atoms with Gasteiger partial charge in [-0.2, -0.15) is 0 Å². The number of benzene rings is 2. The molecule has 5 rings (SSSR count). The number of H-pyrrole nitrogens is 1. The highest BCUT2D eigenvalue weighted by molar-refractivity contribution is 8.04. The third kappa shape index (κ3) is 3.01. The van der Waals surface area contributed by atoms with Crippen molar-refractivity contribution in [2.75, 3.05) is 5.32 Å². The number of aryl methyl sites for hydroxylation is 1. The van der Waals surface area contributed by atoms with Crippen LogP contribution < -0.4 is 14.9 Å². The van der Waals surface area contributed by atoms with Crippen molar-refractivity contribution in [1.29, 1.82) is 0 Å². The van der Waals surface area contributed by atoms with Crippen LogP contribution >= 0.6 is 23.1 Å². The minimum absolute atomic E-state index is 0.224. The summed E-state index contributed by atoms with van der Waals surface area (Å²) in [7, 11) is 0. The van der Waals surface area contributed by atoms with Crippen LogP contribution in [0.2, 0.25) is 0 Å². The zero-order chi connectivity index (χ0) is 20.1. The molecule has 0 radical (unpaired) electrons. The lowest BCUT2D eigenvalue weighted by molar-refractivity contribution is -0.131. The van der Waals surface area contributed by atoms with Gasteiger partial charge in [0, 0.05) is 11.3 Å². The zero-order valence-electron chi connectivity index (χ0n) is 15.1. The van der Waals surface area contributed by atoms with Gasteiger partial charge in [-0.3, -0.25) is 9.59 Å². The van der Waals surface area contributed by atoms with E-state index < -0.39 is 17.8 Å². The number of hydrogen-bond acceptors (Lipinski definition) is 6. The highest BCUT2D eigenvalue weighted by Gasteiger charge is 2.43. The van der Waals surface area contributed by atoms with Gasteiger partial charge in [-0.05, 0) is 25.1 Å². The van der Waals surface area contributed by atoms with E-state index in [0.717, 1.165) is 39.1 Å². The Morgan fingerprint density at radius 1 is 1.10 bits per heavy atom. The quantitative estimate of drug-likeness (QED) is 0.485. The molecule has 0 unspecified atom stereocenters. The third-order valence-electron chi connectivity index (χ3n) is 4.81. The van der Waals surface area contributed by atoms with Crippen molar-refractivity contribution < 1.29 is 14.3 Å². The van der Waals surface area contributed by atoms with Crippen LogP contribution in [0.3, 0.4) is 0 Å². The van der Waals surface area contributed by atoms with Crippen molar-refractivity contribution in [1.82, 2.24) is 4.98 Å². The van der Waals surface area contributed by atoms with Gasteiger partial charge in [0.1, 0.15) is 5.75 Å². The fourth-order valence-electron chi connectivity index (χ4n) is 3.48. The molecular formula is C21H14N2O4S2. The number of nitrogens with one attached hydrogen (secondary N) is 2. The predicted octanol–water partition coefficient (Wildman–Crippen LogP) is 3.79. The molecule has 0 saturated heterocycles. The molecule has 3 aromatic rings. The minimum Gasteiger partial charge on any atom is -0.423 e. The summed E-state index contributed by atoms with van der Waals surface area (Å²) < 4.78 is 5.50. The molecule has 6 nitrogen and oxygen atoms in total. The fourth-order valence-corrected chi connectivity index (χ4v) is 5.67. The van der Waals surface area contributed by atoms with Crippen LogP contribution in [-0.4, -0.2) is 16.9 Å². The van der Waals surface area contributed by atoms with Crippen LogP contribution in [0.25, 0.3) is 0 Å². The Morgan fingerprint density at radius 2 is 1.86 bits per heavy atom. The molecule has 2 aliphatic heterocycles. The Morgan fingerprint density at radius 3 is 2.66 bits per heavy atom. The maximum absolute atomic E-state index is 13.1. The first-order chi connectivity index (χ1) is 14.0. The van der Waals surface area contributed by atoms with Crippen molar-refractivity contribution in [3.8, 4) is 5.75 Å². The van der Waals surface area contributed by atoms with Crippen molar-refractivity contribution in [2.24, 2.45) is 0 Å². The number of anilines is 1. The second-order valence-electron chi connectivity index (χ2n) is 6.73. The highest BCUT2D eigenvalue weighted by atomic mass is 32.2. The largest absolute Gasteiger partial charge is 0.423 e. The normalized spacial score (nSPS) is 17.1. The molecule has 144 valence electrons. The molecular weight excluding hydrogens is 408 g/mol. The van der Waals surface area contributed by atoms with Crippen LogP contribution in [0, 0.1) is 6.92 Å². The Kier molecular flexibility index (Phi) is 4.18. The van der Waals surface area contributed by atoms with E-state index in [0.29, 0.717) is 16.5 Å². The number of thioether (sulfide) groups is 1. The van der Waals surface area contributed by atoms with Gasteiger partial charge in [0.05, 0.1) is 26.3 Å². The van der Waals surface area contributed by atoms with Gasteiger partial charge >= 0.3 is 10.8 Å². The Hall–Kier alpha value is -3.10. The molecule has 1 atom stereocenters. The SMILES string of the molecule is Cc1ccc(NC(=O)C2=C3C(=O)Oc4ccccc4[C@@H]3c3sc(=O)[nH]c3S2)cc1. The van der Waals surface area contributed by atoms with E-state index >= 15 is 0 Å². The van der Waals surface area contributed by atoms with Crippen LogP contribution in [0.1, 0.15) is 21.9 Å². The minimum atomic E-state index is -0.568. The van der Waals surface area contributed by atoms with Gasteiger partial charge in [0.2, 0.25) is 0 Å². The number of fused-ring (bicyclic) bond motifs is 5. The summed E-state index contributed by atoms with van der Waals surface area (Å²) in [4.78, 5) is 41.5. The molecule has 0 spiro atoms. The highest BCUT2D eigenvalue weighted by Crippen LogP contribution is 2.52. The molecule has 8 heteroatoms. The van der Waals surface area contributed by atoms with E-state index in [2.05, 4.69) is 10.3 Å². The molecule has 2 aromatic carbocycles. The summed E-state index contributed by atoms with van der Waals surface area (Å²) in [6.45, 7) is 1.96. The summed E-state index contributed by atoms with van der Waals surface area (Å²) in [5.74, 6) is -1.04. The molecule has 1 amide bonds. The average Bonchev–Trinajstić information content (AvgIpc) is 3.09. The first-order valence-corrected chi connectivity index (χ1v) is 10.5.